The van der Waals surface area contributed by atoms with E-state index in [9.17, 15) is 8.42 Å². The number of para-hydroxylation sites is 1. The standard InChI is InChI=1S/C22H31N3O2S/c1-17-14-18(2)22(19(3)15-17)28(26,27)23-16-20(4)24-10-12-25(13-11-24)21-8-6-5-7-9-21/h5-9,14-15,20,23H,10-13,16H2,1-4H3. The summed E-state index contributed by atoms with van der Waals surface area (Å²) in [5, 5.41) is 0. The van der Waals surface area contributed by atoms with Gasteiger partial charge in [0.15, 0.2) is 0 Å². The van der Waals surface area contributed by atoms with Crippen molar-refractivity contribution in [3.05, 3.63) is 59.2 Å². The minimum atomic E-state index is -3.51. The van der Waals surface area contributed by atoms with Crippen LogP contribution in [0.2, 0.25) is 0 Å². The maximum Gasteiger partial charge on any atom is 0.241 e. The highest BCUT2D eigenvalue weighted by molar-refractivity contribution is 7.89. The molecule has 0 aliphatic carbocycles. The molecule has 1 unspecified atom stereocenters. The van der Waals surface area contributed by atoms with E-state index < -0.39 is 10.0 Å². The van der Waals surface area contributed by atoms with E-state index in [1.54, 1.807) is 0 Å². The van der Waals surface area contributed by atoms with E-state index in [0.29, 0.717) is 11.4 Å². The molecule has 1 aliphatic heterocycles. The Morgan fingerprint density at radius 1 is 0.964 bits per heavy atom. The van der Waals surface area contributed by atoms with Crippen molar-refractivity contribution in [3.63, 3.8) is 0 Å². The van der Waals surface area contributed by atoms with Gasteiger partial charge in [-0.25, -0.2) is 13.1 Å². The molecule has 1 saturated heterocycles. The number of aryl methyl sites for hydroxylation is 3. The lowest BCUT2D eigenvalue weighted by molar-refractivity contribution is 0.198. The van der Waals surface area contributed by atoms with Crippen molar-refractivity contribution in [2.24, 2.45) is 0 Å². The summed E-state index contributed by atoms with van der Waals surface area (Å²) in [5.74, 6) is 0. The van der Waals surface area contributed by atoms with Gasteiger partial charge in [0.1, 0.15) is 0 Å². The minimum Gasteiger partial charge on any atom is -0.369 e. The van der Waals surface area contributed by atoms with Crippen molar-refractivity contribution in [3.8, 4) is 0 Å². The highest BCUT2D eigenvalue weighted by Gasteiger charge is 2.24. The monoisotopic (exact) mass is 401 g/mol. The smallest absolute Gasteiger partial charge is 0.241 e. The van der Waals surface area contributed by atoms with Crippen LogP contribution in [0.15, 0.2) is 47.4 Å². The van der Waals surface area contributed by atoms with Crippen molar-refractivity contribution in [2.45, 2.75) is 38.6 Å². The lowest BCUT2D eigenvalue weighted by Gasteiger charge is -2.39. The molecule has 2 aromatic carbocycles. The van der Waals surface area contributed by atoms with Crippen molar-refractivity contribution in [2.75, 3.05) is 37.6 Å². The molecule has 1 aliphatic rings. The number of sulfonamides is 1. The van der Waals surface area contributed by atoms with Gasteiger partial charge in [0.05, 0.1) is 4.90 Å². The number of nitrogens with zero attached hydrogens (tertiary/aromatic N) is 2. The van der Waals surface area contributed by atoms with Crippen LogP contribution in [-0.2, 0) is 10.0 Å². The first-order valence-corrected chi connectivity index (χ1v) is 11.4. The first kappa shape index (κ1) is 20.8. The van der Waals surface area contributed by atoms with Crippen LogP contribution in [0.4, 0.5) is 5.69 Å². The minimum absolute atomic E-state index is 0.152. The molecule has 3 rings (SSSR count). The Labute approximate surface area is 169 Å². The summed E-state index contributed by atoms with van der Waals surface area (Å²) < 4.78 is 28.6. The SMILES string of the molecule is Cc1cc(C)c(S(=O)(=O)NCC(C)N2CCN(c3ccccc3)CC2)c(C)c1. The topological polar surface area (TPSA) is 52.7 Å². The Kier molecular flexibility index (Phi) is 6.43. The van der Waals surface area contributed by atoms with Crippen molar-refractivity contribution < 1.29 is 8.42 Å². The van der Waals surface area contributed by atoms with Crippen molar-refractivity contribution in [1.82, 2.24) is 9.62 Å². The molecule has 0 bridgehead atoms. The molecule has 0 saturated carbocycles. The average Bonchev–Trinajstić information content (AvgIpc) is 2.66. The fourth-order valence-corrected chi connectivity index (χ4v) is 5.65. The largest absolute Gasteiger partial charge is 0.369 e. The van der Waals surface area contributed by atoms with E-state index in [4.69, 9.17) is 0 Å². The number of anilines is 1. The number of nitrogens with one attached hydrogen (secondary N) is 1. The van der Waals surface area contributed by atoms with Crippen molar-refractivity contribution in [1.29, 1.82) is 0 Å². The van der Waals surface area contributed by atoms with Gasteiger partial charge in [-0.2, -0.15) is 0 Å². The average molecular weight is 402 g/mol. The van der Waals surface area contributed by atoms with Gasteiger partial charge < -0.3 is 4.90 Å². The molecule has 0 spiro atoms. The molecule has 1 N–H and O–H groups in total. The summed E-state index contributed by atoms with van der Waals surface area (Å²) in [6.07, 6.45) is 0. The van der Waals surface area contributed by atoms with Gasteiger partial charge in [-0.15, -0.1) is 0 Å². The Balaban J connectivity index is 1.58. The van der Waals surface area contributed by atoms with Gasteiger partial charge in [0.2, 0.25) is 10.0 Å². The zero-order valence-electron chi connectivity index (χ0n) is 17.3. The predicted octanol–water partition coefficient (Wildman–Crippen LogP) is 3.10. The summed E-state index contributed by atoms with van der Waals surface area (Å²) in [6, 6.07) is 14.4. The highest BCUT2D eigenvalue weighted by atomic mass is 32.2. The Bertz CT molecular complexity index is 882. The second-order valence-corrected chi connectivity index (χ2v) is 9.49. The second-order valence-electron chi connectivity index (χ2n) is 7.79. The molecule has 0 aromatic heterocycles. The molecule has 152 valence electrons. The second kappa shape index (κ2) is 8.64. The molecular formula is C22H31N3O2S. The van der Waals surface area contributed by atoms with E-state index >= 15 is 0 Å². The number of hydrogen-bond donors (Lipinski definition) is 1. The summed E-state index contributed by atoms with van der Waals surface area (Å²) >= 11 is 0. The lowest BCUT2D eigenvalue weighted by atomic mass is 10.1. The lowest BCUT2D eigenvalue weighted by Crippen LogP contribution is -2.52. The van der Waals surface area contributed by atoms with E-state index in [2.05, 4.69) is 45.7 Å². The van der Waals surface area contributed by atoms with Gasteiger partial charge in [-0.05, 0) is 51.0 Å². The van der Waals surface area contributed by atoms with Crippen LogP contribution in [0.25, 0.3) is 0 Å². The van der Waals surface area contributed by atoms with Crippen LogP contribution in [0.1, 0.15) is 23.6 Å². The number of rotatable bonds is 6. The molecule has 5 nitrogen and oxygen atoms in total. The van der Waals surface area contributed by atoms with Crippen LogP contribution in [0.5, 0.6) is 0 Å². The Hall–Kier alpha value is -1.89. The predicted molar refractivity (Wildman–Crippen MR) is 116 cm³/mol. The van der Waals surface area contributed by atoms with Gasteiger partial charge >= 0.3 is 0 Å². The molecule has 0 radical (unpaired) electrons. The van der Waals surface area contributed by atoms with Gasteiger partial charge in [-0.1, -0.05) is 35.9 Å². The Morgan fingerprint density at radius 3 is 2.11 bits per heavy atom. The van der Waals surface area contributed by atoms with E-state index in [1.807, 2.05) is 39.0 Å². The zero-order valence-corrected chi connectivity index (χ0v) is 18.1. The maximum absolute atomic E-state index is 12.9. The number of benzene rings is 2. The van der Waals surface area contributed by atoms with Crippen LogP contribution < -0.4 is 9.62 Å². The molecule has 0 amide bonds. The molecular weight excluding hydrogens is 370 g/mol. The van der Waals surface area contributed by atoms with E-state index in [1.165, 1.54) is 5.69 Å². The van der Waals surface area contributed by atoms with Crippen LogP contribution in [-0.4, -0.2) is 52.1 Å². The zero-order chi connectivity index (χ0) is 20.3. The molecule has 2 aromatic rings. The third-order valence-electron chi connectivity index (χ3n) is 5.50. The number of piperazine rings is 1. The van der Waals surface area contributed by atoms with Gasteiger partial charge in [-0.3, -0.25) is 4.90 Å². The highest BCUT2D eigenvalue weighted by Crippen LogP contribution is 2.22. The molecule has 28 heavy (non-hydrogen) atoms. The third-order valence-corrected chi connectivity index (χ3v) is 7.23. The summed E-state index contributed by atoms with van der Waals surface area (Å²) in [4.78, 5) is 5.16. The van der Waals surface area contributed by atoms with E-state index in [-0.39, 0.29) is 6.04 Å². The quantitative estimate of drug-likeness (QED) is 0.808. The summed E-state index contributed by atoms with van der Waals surface area (Å²) in [5.41, 5.74) is 3.93. The summed E-state index contributed by atoms with van der Waals surface area (Å²) in [6.45, 7) is 12.0. The summed E-state index contributed by atoms with van der Waals surface area (Å²) in [7, 11) is -3.51. The Morgan fingerprint density at radius 2 is 1.54 bits per heavy atom. The normalized spacial score (nSPS) is 16.9. The molecule has 1 fully saturated rings. The molecule has 1 heterocycles. The fourth-order valence-electron chi connectivity index (χ4n) is 4.08. The van der Waals surface area contributed by atoms with Crippen molar-refractivity contribution >= 4 is 15.7 Å². The number of hydrogen-bond acceptors (Lipinski definition) is 4. The first-order chi connectivity index (χ1) is 13.3. The van der Waals surface area contributed by atoms with Crippen LogP contribution >= 0.6 is 0 Å². The van der Waals surface area contributed by atoms with Gasteiger partial charge in [0.25, 0.3) is 0 Å². The fraction of sp³-hybridized carbons (Fsp3) is 0.455. The third kappa shape index (κ3) is 4.74. The van der Waals surface area contributed by atoms with Crippen LogP contribution in [0.3, 0.4) is 0 Å². The first-order valence-electron chi connectivity index (χ1n) is 9.89. The molecule has 6 heteroatoms. The maximum atomic E-state index is 12.9. The van der Waals surface area contributed by atoms with Gasteiger partial charge in [0, 0.05) is 44.5 Å². The van der Waals surface area contributed by atoms with E-state index in [0.717, 1.165) is 42.9 Å². The molecule has 1 atom stereocenters. The van der Waals surface area contributed by atoms with Crippen LogP contribution in [0, 0.1) is 20.8 Å².